The van der Waals surface area contributed by atoms with Gasteiger partial charge >= 0.3 is 20.4 Å². The molecule has 144 valence electrons. The molecule has 0 amide bonds. The topological polar surface area (TPSA) is 96.6 Å². The molecule has 0 aliphatic carbocycles. The standard InChI is InChI=1S/C20H17ClN4O2.Pd/c1-12-5-3-7-16(22-12)19(26)24-15-10-9-14(21)11-18(15)25-20(27)17-8-4-6-13(2)23-17;/h3-11H,1-2H3,(H,24,26)(H,25,27);/q;+2/p-2. The van der Waals surface area contributed by atoms with Gasteiger partial charge in [0.05, 0.1) is 22.8 Å². The zero-order chi connectivity index (χ0) is 19.4. The molecule has 8 heteroatoms. The molecule has 2 heterocycles. The van der Waals surface area contributed by atoms with Crippen LogP contribution in [0.4, 0.5) is 11.4 Å². The Morgan fingerprint density at radius 2 is 1.29 bits per heavy atom. The molecule has 0 aliphatic heterocycles. The number of hydrogen-bond acceptors (Lipinski definition) is 6. The number of hydrogen-bond donors (Lipinski definition) is 0. The van der Waals surface area contributed by atoms with Gasteiger partial charge in [0.2, 0.25) is 0 Å². The molecule has 0 spiro atoms. The molecule has 6 nitrogen and oxygen atoms in total. The molecule has 0 fully saturated rings. The minimum absolute atomic E-state index is 0. The molecule has 0 radical (unpaired) electrons. The number of pyridine rings is 2. The van der Waals surface area contributed by atoms with Gasteiger partial charge in [-0.25, -0.2) is 0 Å². The van der Waals surface area contributed by atoms with E-state index in [0.29, 0.717) is 16.4 Å². The largest absolute Gasteiger partial charge is 2.00 e. The average molecular weight is 485 g/mol. The van der Waals surface area contributed by atoms with E-state index in [9.17, 15) is 10.2 Å². The van der Waals surface area contributed by atoms with Crippen molar-refractivity contribution in [2.75, 3.05) is 0 Å². The molecule has 0 bridgehead atoms. The SMILES string of the molecule is Cc1cccc(C([O-])=Nc2ccc(Cl)cc2N=C([O-])c2cccc(C)n2)n1.[Pd+2]. The van der Waals surface area contributed by atoms with Crippen LogP contribution in [0.5, 0.6) is 0 Å². The Balaban J connectivity index is 0.00000280. The number of aromatic nitrogens is 2. The zero-order valence-electron chi connectivity index (χ0n) is 15.0. The first-order valence-electron chi connectivity index (χ1n) is 8.11. The van der Waals surface area contributed by atoms with Crippen molar-refractivity contribution < 1.29 is 30.6 Å². The first-order chi connectivity index (χ1) is 12.9. The Morgan fingerprint density at radius 3 is 1.79 bits per heavy atom. The molecule has 0 saturated carbocycles. The Kier molecular flexibility index (Phi) is 7.41. The van der Waals surface area contributed by atoms with Gasteiger partial charge in [-0.2, -0.15) is 0 Å². The third-order valence-corrected chi connectivity index (χ3v) is 3.83. The summed E-state index contributed by atoms with van der Waals surface area (Å²) in [5, 5.41) is 25.2. The molecular weight excluding hydrogens is 470 g/mol. The van der Waals surface area contributed by atoms with Crippen LogP contribution in [0.3, 0.4) is 0 Å². The summed E-state index contributed by atoms with van der Waals surface area (Å²) in [6, 6.07) is 14.8. The predicted octanol–water partition coefficient (Wildman–Crippen LogP) is 2.62. The molecular formula is C20H15ClN4O2Pd. The summed E-state index contributed by atoms with van der Waals surface area (Å²) in [6.45, 7) is 3.57. The van der Waals surface area contributed by atoms with E-state index in [-0.39, 0.29) is 43.2 Å². The first-order valence-corrected chi connectivity index (χ1v) is 8.49. The van der Waals surface area contributed by atoms with E-state index in [2.05, 4.69) is 20.0 Å². The zero-order valence-corrected chi connectivity index (χ0v) is 17.3. The second kappa shape index (κ2) is 9.56. The predicted molar refractivity (Wildman–Crippen MR) is 102 cm³/mol. The van der Waals surface area contributed by atoms with Crippen LogP contribution in [0.2, 0.25) is 5.02 Å². The van der Waals surface area contributed by atoms with Gasteiger partial charge in [0, 0.05) is 28.2 Å². The van der Waals surface area contributed by atoms with Gasteiger partial charge in [0.15, 0.2) is 0 Å². The third-order valence-electron chi connectivity index (χ3n) is 3.60. The van der Waals surface area contributed by atoms with E-state index in [1.807, 2.05) is 0 Å². The molecule has 0 saturated heterocycles. The maximum Gasteiger partial charge on any atom is 2.00 e. The fraction of sp³-hybridized carbons (Fsp3) is 0.100. The number of benzene rings is 1. The van der Waals surface area contributed by atoms with Crippen molar-refractivity contribution in [2.24, 2.45) is 9.98 Å². The van der Waals surface area contributed by atoms with Crippen LogP contribution in [0.25, 0.3) is 0 Å². The summed E-state index contributed by atoms with van der Waals surface area (Å²) in [5.74, 6) is -1.07. The maximum atomic E-state index is 12.4. The van der Waals surface area contributed by atoms with Crippen molar-refractivity contribution in [1.82, 2.24) is 9.97 Å². The van der Waals surface area contributed by atoms with E-state index in [0.717, 1.165) is 0 Å². The number of rotatable bonds is 4. The molecule has 0 N–H and O–H groups in total. The van der Waals surface area contributed by atoms with Gasteiger partial charge in [-0.15, -0.1) is 0 Å². The minimum atomic E-state index is -0.543. The second-order valence-corrected chi connectivity index (χ2v) is 6.23. The first kappa shape index (κ1) is 21.7. The van der Waals surface area contributed by atoms with Crippen molar-refractivity contribution in [2.45, 2.75) is 13.8 Å². The summed E-state index contributed by atoms with van der Waals surface area (Å²) >= 11 is 6.02. The van der Waals surface area contributed by atoms with Crippen LogP contribution in [0.1, 0.15) is 22.8 Å². The molecule has 3 rings (SSSR count). The normalized spacial score (nSPS) is 11.8. The van der Waals surface area contributed by atoms with Crippen molar-refractivity contribution in [1.29, 1.82) is 0 Å². The molecule has 0 unspecified atom stereocenters. The number of halogens is 1. The summed E-state index contributed by atoms with van der Waals surface area (Å²) in [6.07, 6.45) is 0. The van der Waals surface area contributed by atoms with Gasteiger partial charge in [0.1, 0.15) is 0 Å². The Bertz CT molecular complexity index is 1050. The van der Waals surface area contributed by atoms with E-state index in [4.69, 9.17) is 11.6 Å². The van der Waals surface area contributed by atoms with Gasteiger partial charge < -0.3 is 10.2 Å². The molecule has 1 aromatic carbocycles. The van der Waals surface area contributed by atoms with Crippen molar-refractivity contribution in [3.63, 3.8) is 0 Å². The Morgan fingerprint density at radius 1 is 0.786 bits per heavy atom. The van der Waals surface area contributed by atoms with Crippen LogP contribution in [-0.2, 0) is 20.4 Å². The van der Waals surface area contributed by atoms with Crippen LogP contribution in [0, 0.1) is 13.8 Å². The Hall–Kier alpha value is -2.59. The van der Waals surface area contributed by atoms with Crippen molar-refractivity contribution >= 4 is 34.8 Å². The fourth-order valence-corrected chi connectivity index (χ4v) is 2.50. The number of nitrogens with zero attached hydrogens (tertiary/aromatic N) is 4. The van der Waals surface area contributed by atoms with Crippen LogP contribution in [-0.4, -0.2) is 21.8 Å². The molecule has 0 aliphatic rings. The van der Waals surface area contributed by atoms with Crippen molar-refractivity contribution in [3.8, 4) is 0 Å². The summed E-state index contributed by atoms with van der Waals surface area (Å²) in [5.41, 5.74) is 2.24. The smallest absolute Gasteiger partial charge is 0.857 e. The van der Waals surface area contributed by atoms with Crippen molar-refractivity contribution in [3.05, 3.63) is 82.4 Å². The monoisotopic (exact) mass is 484 g/mol. The van der Waals surface area contributed by atoms with Gasteiger partial charge in [0.25, 0.3) is 0 Å². The summed E-state index contributed by atoms with van der Waals surface area (Å²) in [4.78, 5) is 16.4. The summed E-state index contributed by atoms with van der Waals surface area (Å²) < 4.78 is 0. The van der Waals surface area contributed by atoms with Gasteiger partial charge in [-0.3, -0.25) is 20.0 Å². The number of aryl methyl sites for hydroxylation is 2. The molecule has 3 aromatic rings. The maximum absolute atomic E-state index is 12.4. The number of aliphatic imine (C=N–C) groups is 2. The summed E-state index contributed by atoms with van der Waals surface area (Å²) in [7, 11) is 0. The Labute approximate surface area is 181 Å². The quantitative estimate of drug-likeness (QED) is 0.323. The van der Waals surface area contributed by atoms with E-state index >= 15 is 0 Å². The molecule has 28 heavy (non-hydrogen) atoms. The fourth-order valence-electron chi connectivity index (χ4n) is 2.34. The molecule has 0 atom stereocenters. The average Bonchev–Trinajstić information content (AvgIpc) is 2.64. The van der Waals surface area contributed by atoms with Gasteiger partial charge in [-0.1, -0.05) is 23.7 Å². The minimum Gasteiger partial charge on any atom is -0.857 e. The van der Waals surface area contributed by atoms with E-state index in [1.165, 1.54) is 12.1 Å². The second-order valence-electron chi connectivity index (χ2n) is 5.80. The third kappa shape index (κ3) is 5.46. The van der Waals surface area contributed by atoms with E-state index < -0.39 is 11.8 Å². The van der Waals surface area contributed by atoms with Crippen LogP contribution in [0.15, 0.2) is 64.6 Å². The van der Waals surface area contributed by atoms with Crippen LogP contribution >= 0.6 is 11.6 Å². The van der Waals surface area contributed by atoms with Crippen LogP contribution < -0.4 is 10.2 Å². The van der Waals surface area contributed by atoms with Gasteiger partial charge in [-0.05, 0) is 56.3 Å². The van der Waals surface area contributed by atoms with E-state index in [1.54, 1.807) is 56.3 Å². The molecule has 2 aromatic heterocycles.